The number of nitriles is 1. The first kappa shape index (κ1) is 8.82. The summed E-state index contributed by atoms with van der Waals surface area (Å²) in [6.07, 6.45) is 0.625. The first-order valence-electron chi connectivity index (χ1n) is 1.28. The van der Waals surface area contributed by atoms with Crippen LogP contribution in [0.15, 0.2) is 0 Å². The largest absolute Gasteiger partial charge is 0.870 e. The fourth-order valence-corrected chi connectivity index (χ4v) is 0. The Hall–Kier alpha value is -0.550. The van der Waals surface area contributed by atoms with Gasteiger partial charge in [-0.3, -0.25) is 0 Å². The summed E-state index contributed by atoms with van der Waals surface area (Å²) in [5.41, 5.74) is 0. The molecule has 0 aliphatic heterocycles. The summed E-state index contributed by atoms with van der Waals surface area (Å²) < 4.78 is 0. The van der Waals surface area contributed by atoms with Crippen LogP contribution in [0.4, 0.5) is 0 Å². The molecule has 0 fully saturated rings. The lowest BCUT2D eigenvalue weighted by Crippen LogP contribution is -1.38. The summed E-state index contributed by atoms with van der Waals surface area (Å²) in [6, 6.07) is 1.93. The van der Waals surface area contributed by atoms with Crippen molar-refractivity contribution >= 4 is 0 Å². The van der Waals surface area contributed by atoms with Crippen LogP contribution in [0.3, 0.4) is 0 Å². The lowest BCUT2D eigenvalue weighted by atomic mass is 10.6. The Balaban J connectivity index is 0. The van der Waals surface area contributed by atoms with E-state index >= 15 is 0 Å². The van der Waals surface area contributed by atoms with Crippen molar-refractivity contribution in [2.45, 2.75) is 13.3 Å². The van der Waals surface area contributed by atoms with E-state index in [1.807, 2.05) is 13.0 Å². The molecule has 0 saturated heterocycles. The highest BCUT2D eigenvalue weighted by Crippen LogP contribution is 1.58. The molecule has 0 spiro atoms. The van der Waals surface area contributed by atoms with Crippen LogP contribution in [0.5, 0.6) is 0 Å². The zero-order chi connectivity index (χ0) is 3.41. The second-order valence-electron chi connectivity index (χ2n) is 0.512. The van der Waals surface area contributed by atoms with Crippen LogP contribution >= 0.6 is 0 Å². The summed E-state index contributed by atoms with van der Waals surface area (Å²) in [5, 5.41) is 7.62. The Labute approximate surface area is 31.3 Å². The van der Waals surface area contributed by atoms with E-state index in [0.717, 1.165) is 0 Å². The molecule has 0 unspecified atom stereocenters. The highest BCUT2D eigenvalue weighted by Gasteiger charge is 1.49. The highest BCUT2D eigenvalue weighted by atomic mass is 16.0. The zero-order valence-electron chi connectivity index (χ0n) is 3.10. The molecule has 0 aliphatic carbocycles. The zero-order valence-corrected chi connectivity index (χ0v) is 3.10. The second kappa shape index (κ2) is 9.85. The summed E-state index contributed by atoms with van der Waals surface area (Å²) in [4.78, 5) is 0. The molecule has 5 heavy (non-hydrogen) atoms. The second-order valence-corrected chi connectivity index (χ2v) is 0.512. The van der Waals surface area contributed by atoms with Gasteiger partial charge in [0.25, 0.3) is 0 Å². The van der Waals surface area contributed by atoms with Crippen LogP contribution in [0, 0.1) is 11.3 Å². The molecule has 2 heteroatoms. The van der Waals surface area contributed by atoms with Crippen molar-refractivity contribution in [3.05, 3.63) is 0 Å². The van der Waals surface area contributed by atoms with Gasteiger partial charge in [-0.1, -0.05) is 6.92 Å². The molecular weight excluding hydrogens is 66.0 g/mol. The van der Waals surface area contributed by atoms with Gasteiger partial charge in [0.1, 0.15) is 0 Å². The van der Waals surface area contributed by atoms with E-state index in [0.29, 0.717) is 6.42 Å². The van der Waals surface area contributed by atoms with Crippen molar-refractivity contribution in [1.29, 1.82) is 5.26 Å². The highest BCUT2D eigenvalue weighted by molar-refractivity contribution is 4.61. The fraction of sp³-hybridized carbons (Fsp3) is 0.667. The normalized spacial score (nSPS) is 4.00. The maximum absolute atomic E-state index is 7.62. The van der Waals surface area contributed by atoms with E-state index in [4.69, 9.17) is 5.26 Å². The van der Waals surface area contributed by atoms with E-state index in [-0.39, 0.29) is 5.48 Å². The average molecular weight is 72.1 g/mol. The van der Waals surface area contributed by atoms with E-state index in [9.17, 15) is 0 Å². The quantitative estimate of drug-likeness (QED) is 0.423. The molecule has 0 rings (SSSR count). The van der Waals surface area contributed by atoms with Crippen molar-refractivity contribution in [2.24, 2.45) is 0 Å². The average Bonchev–Trinajstić information content (AvgIpc) is 1.37. The van der Waals surface area contributed by atoms with Gasteiger partial charge in [-0.15, -0.1) is 0 Å². The van der Waals surface area contributed by atoms with E-state index < -0.39 is 0 Å². The minimum atomic E-state index is 0. The predicted molar refractivity (Wildman–Crippen MR) is 17.8 cm³/mol. The van der Waals surface area contributed by atoms with Gasteiger partial charge >= 0.3 is 0 Å². The maximum atomic E-state index is 7.62. The SMILES string of the molecule is CCC#N.[OH-]. The van der Waals surface area contributed by atoms with Crippen molar-refractivity contribution < 1.29 is 5.48 Å². The minimum Gasteiger partial charge on any atom is -0.870 e. The molecule has 0 heterocycles. The Morgan fingerprint density at radius 1 is 1.80 bits per heavy atom. The van der Waals surface area contributed by atoms with Gasteiger partial charge < -0.3 is 5.48 Å². The molecule has 0 aliphatic rings. The standard InChI is InChI=1S/C3H5N.H2O/c1-2-3-4;/h2H2,1H3;1H2/p-1. The first-order valence-corrected chi connectivity index (χ1v) is 1.28. The molecule has 0 amide bonds. The van der Waals surface area contributed by atoms with Gasteiger partial charge in [-0.05, 0) is 0 Å². The van der Waals surface area contributed by atoms with Crippen LogP contribution in [-0.2, 0) is 0 Å². The summed E-state index contributed by atoms with van der Waals surface area (Å²) in [6.45, 7) is 1.82. The smallest absolute Gasteiger partial charge is 0.0618 e. The lowest BCUT2D eigenvalue weighted by molar-refractivity contribution is 0.824. The topological polar surface area (TPSA) is 53.8 Å². The molecule has 0 atom stereocenters. The third-order valence-electron chi connectivity index (χ3n) is 0.158. The van der Waals surface area contributed by atoms with Crippen LogP contribution < -0.4 is 0 Å². The van der Waals surface area contributed by atoms with Crippen LogP contribution in [0.1, 0.15) is 13.3 Å². The van der Waals surface area contributed by atoms with Crippen molar-refractivity contribution in [2.75, 3.05) is 0 Å². The summed E-state index contributed by atoms with van der Waals surface area (Å²) in [5.74, 6) is 0. The monoisotopic (exact) mass is 72.0 g/mol. The van der Waals surface area contributed by atoms with Gasteiger partial charge in [0.15, 0.2) is 0 Å². The van der Waals surface area contributed by atoms with Crippen LogP contribution in [-0.4, -0.2) is 5.48 Å². The third-order valence-corrected chi connectivity index (χ3v) is 0.158. The van der Waals surface area contributed by atoms with Crippen molar-refractivity contribution in [3.8, 4) is 6.07 Å². The Morgan fingerprint density at radius 3 is 2.00 bits per heavy atom. The summed E-state index contributed by atoms with van der Waals surface area (Å²) in [7, 11) is 0. The molecule has 1 N–H and O–H groups in total. The van der Waals surface area contributed by atoms with Crippen LogP contribution in [0.25, 0.3) is 0 Å². The molecule has 2 nitrogen and oxygen atoms in total. The molecule has 0 aromatic rings. The first-order chi connectivity index (χ1) is 1.91. The minimum absolute atomic E-state index is 0. The summed E-state index contributed by atoms with van der Waals surface area (Å²) >= 11 is 0. The third kappa shape index (κ3) is 35.8. The van der Waals surface area contributed by atoms with E-state index in [2.05, 4.69) is 0 Å². The number of nitrogens with zero attached hydrogens (tertiary/aromatic N) is 1. The van der Waals surface area contributed by atoms with Gasteiger partial charge in [-0.25, -0.2) is 0 Å². The molecule has 0 saturated carbocycles. The Kier molecular flexibility index (Phi) is 17.4. The van der Waals surface area contributed by atoms with Gasteiger partial charge in [-0.2, -0.15) is 5.26 Å². The maximum Gasteiger partial charge on any atom is 0.0618 e. The number of hydrogen-bond acceptors (Lipinski definition) is 2. The van der Waals surface area contributed by atoms with Crippen LogP contribution in [0.2, 0.25) is 0 Å². The van der Waals surface area contributed by atoms with Crippen molar-refractivity contribution in [1.82, 2.24) is 0 Å². The molecule has 30 valence electrons. The lowest BCUT2D eigenvalue weighted by Gasteiger charge is -1.47. The fourth-order valence-electron chi connectivity index (χ4n) is 0. The molecule has 0 bridgehead atoms. The van der Waals surface area contributed by atoms with E-state index in [1.165, 1.54) is 0 Å². The molecule has 0 radical (unpaired) electrons. The van der Waals surface area contributed by atoms with E-state index in [1.54, 1.807) is 0 Å². The Morgan fingerprint density at radius 2 is 2.00 bits per heavy atom. The molecule has 0 aromatic heterocycles. The predicted octanol–water partition coefficient (Wildman–Crippen LogP) is 0.743. The van der Waals surface area contributed by atoms with Gasteiger partial charge in [0.2, 0.25) is 0 Å². The Bertz CT molecular complexity index is 36.6. The number of rotatable bonds is 0. The number of hydrogen-bond donors (Lipinski definition) is 0. The molecular formula is C3H6NO-. The molecule has 0 aromatic carbocycles. The van der Waals surface area contributed by atoms with Gasteiger partial charge in [0.05, 0.1) is 6.07 Å². The van der Waals surface area contributed by atoms with Gasteiger partial charge in [0, 0.05) is 6.42 Å². The van der Waals surface area contributed by atoms with Crippen molar-refractivity contribution in [3.63, 3.8) is 0 Å².